The van der Waals surface area contributed by atoms with Crippen molar-refractivity contribution in [3.63, 3.8) is 0 Å². The molecule has 0 aliphatic heterocycles. The molecule has 0 atom stereocenters. The number of aryl methyl sites for hydroxylation is 2. The molecule has 0 aliphatic carbocycles. The van der Waals surface area contributed by atoms with Crippen LogP contribution in [-0.2, 0) is 35.8 Å². The second-order valence-corrected chi connectivity index (χ2v) is 9.89. The van der Waals surface area contributed by atoms with Crippen LogP contribution in [0.15, 0.2) is 45.7 Å². The maximum atomic E-state index is 8.43. The summed E-state index contributed by atoms with van der Waals surface area (Å²) in [4.78, 5) is 16.4. The summed E-state index contributed by atoms with van der Waals surface area (Å²) < 4.78 is 29.5. The van der Waals surface area contributed by atoms with Crippen molar-refractivity contribution >= 4 is 45.6 Å². The molecular formula is C30H37ClN10O6. The first-order valence-corrected chi connectivity index (χ1v) is 14.4. The van der Waals surface area contributed by atoms with Gasteiger partial charge in [-0.3, -0.25) is 0 Å². The number of aliphatic hydroxyl groups excluding tert-OH is 1. The zero-order valence-corrected chi connectivity index (χ0v) is 27.2. The highest BCUT2D eigenvalue weighted by Crippen LogP contribution is 2.25. The Labute approximate surface area is 275 Å². The molecule has 0 aromatic carbocycles. The highest BCUT2D eigenvalue weighted by atomic mass is 35.5. The lowest BCUT2D eigenvalue weighted by atomic mass is 10.4. The van der Waals surface area contributed by atoms with Crippen LogP contribution in [0.2, 0.25) is 5.15 Å². The maximum absolute atomic E-state index is 8.43. The minimum absolute atomic E-state index is 0.0443. The van der Waals surface area contributed by atoms with Gasteiger partial charge in [-0.1, -0.05) is 21.9 Å². The third-order valence-electron chi connectivity index (χ3n) is 6.13. The first-order valence-electron chi connectivity index (χ1n) is 14.0. The van der Waals surface area contributed by atoms with Crippen molar-refractivity contribution in [3.8, 4) is 18.7 Å². The smallest absolute Gasteiger partial charge is 0.243 e. The Hall–Kier alpha value is -5.21. The number of methoxy groups -OCH3 is 2. The van der Waals surface area contributed by atoms with Gasteiger partial charge >= 0.3 is 0 Å². The van der Waals surface area contributed by atoms with Crippen molar-refractivity contribution < 1.29 is 28.4 Å². The minimum Gasteiger partial charge on any atom is -0.469 e. The quantitative estimate of drug-likeness (QED) is 0.141. The average molecular weight is 669 g/mol. The van der Waals surface area contributed by atoms with Gasteiger partial charge in [-0.15, -0.1) is 12.8 Å². The van der Waals surface area contributed by atoms with E-state index in [1.165, 1.54) is 0 Å². The van der Waals surface area contributed by atoms with E-state index in [2.05, 4.69) is 47.6 Å². The number of anilines is 2. The molecule has 0 aliphatic rings. The third-order valence-corrected chi connectivity index (χ3v) is 6.39. The van der Waals surface area contributed by atoms with Gasteiger partial charge in [0.05, 0.1) is 30.9 Å². The van der Waals surface area contributed by atoms with Gasteiger partial charge in [0, 0.05) is 51.8 Å². The molecule has 6 rings (SSSR count). The molecule has 5 N–H and O–H groups in total. The summed E-state index contributed by atoms with van der Waals surface area (Å²) in [6.07, 6.45) is 11.8. The molecule has 0 radical (unpaired) electrons. The van der Waals surface area contributed by atoms with E-state index >= 15 is 0 Å². The van der Waals surface area contributed by atoms with Gasteiger partial charge in [-0.25, -0.2) is 9.97 Å². The number of hydrogen-bond donors (Lipinski definition) is 3. The lowest BCUT2D eigenvalue weighted by Gasteiger charge is -2.09. The summed E-state index contributed by atoms with van der Waals surface area (Å²) in [5.74, 6) is 2.24. The Morgan fingerprint density at radius 1 is 0.809 bits per heavy atom. The van der Waals surface area contributed by atoms with E-state index in [0.717, 1.165) is 33.6 Å². The Morgan fingerprint density at radius 2 is 1.32 bits per heavy atom. The number of rotatable bonds is 10. The topological polar surface area (TPSA) is 213 Å². The van der Waals surface area contributed by atoms with Gasteiger partial charge < -0.3 is 49.0 Å². The summed E-state index contributed by atoms with van der Waals surface area (Å²) in [6, 6.07) is 7.23. The molecule has 47 heavy (non-hydrogen) atoms. The summed E-state index contributed by atoms with van der Waals surface area (Å²) in [6.45, 7) is 6.40. The first-order chi connectivity index (χ1) is 22.7. The van der Waals surface area contributed by atoms with Gasteiger partial charge in [0.2, 0.25) is 17.8 Å². The highest BCUT2D eigenvalue weighted by molar-refractivity contribution is 6.33. The number of aliphatic hydroxyl groups is 1. The predicted molar refractivity (Wildman–Crippen MR) is 175 cm³/mol. The molecule has 250 valence electrons. The van der Waals surface area contributed by atoms with E-state index in [1.807, 2.05) is 46.7 Å². The summed E-state index contributed by atoms with van der Waals surface area (Å²) in [7, 11) is 3.31. The van der Waals surface area contributed by atoms with Crippen LogP contribution in [0.4, 0.5) is 11.9 Å². The number of hydrogen-bond acceptors (Lipinski definition) is 14. The molecular weight excluding hydrogens is 632 g/mol. The predicted octanol–water partition coefficient (Wildman–Crippen LogP) is 3.57. The van der Waals surface area contributed by atoms with Crippen molar-refractivity contribution in [2.45, 2.75) is 40.2 Å². The zero-order valence-electron chi connectivity index (χ0n) is 26.5. The van der Waals surface area contributed by atoms with Crippen LogP contribution >= 0.6 is 11.6 Å². The zero-order chi connectivity index (χ0) is 34.3. The van der Waals surface area contributed by atoms with Gasteiger partial charge in [0.25, 0.3) is 0 Å². The Kier molecular flexibility index (Phi) is 13.9. The number of nitrogen functional groups attached to an aromatic ring is 2. The molecule has 0 bridgehead atoms. The first kappa shape index (κ1) is 36.3. The van der Waals surface area contributed by atoms with Gasteiger partial charge in [-0.05, 0) is 26.0 Å². The van der Waals surface area contributed by atoms with Crippen molar-refractivity contribution in [2.24, 2.45) is 0 Å². The molecule has 0 saturated carbocycles. The standard InChI is InChI=1S/C14H17N5O3.C9H11ClN4O.C5H7NO2.C2H2/c1-9-7-10(18-22-9)8-21-13-12-11(16-14(15)17-13)3-4-19(12)5-6-20-2;1-15-5-4-14-3-2-6-7(14)8(10)13-9(11)12-6;1-4-2-5(3-7)6-8-4;1-2/h3-4,7H,5-6,8H2,1-2H3,(H2,15,16,17);2-3H,4-5H2,1H3,(H2,11,12,13);2,7H,3H2,1H3;1-2H. The van der Waals surface area contributed by atoms with Crippen molar-refractivity contribution in [3.05, 3.63) is 64.7 Å². The van der Waals surface area contributed by atoms with E-state index in [4.69, 9.17) is 46.9 Å². The van der Waals surface area contributed by atoms with Crippen molar-refractivity contribution in [2.75, 3.05) is 38.9 Å². The molecule has 6 aromatic rings. The largest absolute Gasteiger partial charge is 0.469 e. The fourth-order valence-corrected chi connectivity index (χ4v) is 4.43. The van der Waals surface area contributed by atoms with Gasteiger partial charge in [0.1, 0.15) is 40.5 Å². The highest BCUT2D eigenvalue weighted by Gasteiger charge is 2.14. The van der Waals surface area contributed by atoms with Crippen LogP contribution in [0, 0.1) is 26.7 Å². The molecule has 6 heterocycles. The van der Waals surface area contributed by atoms with Crippen LogP contribution in [0.3, 0.4) is 0 Å². The van der Waals surface area contributed by atoms with Gasteiger partial charge in [0.15, 0.2) is 5.15 Å². The number of terminal acetylenes is 1. The molecule has 0 spiro atoms. The molecule has 17 heteroatoms. The summed E-state index contributed by atoms with van der Waals surface area (Å²) in [5, 5.41) is 16.2. The number of halogens is 1. The van der Waals surface area contributed by atoms with Crippen LogP contribution in [0.25, 0.3) is 22.1 Å². The van der Waals surface area contributed by atoms with Crippen molar-refractivity contribution in [1.82, 2.24) is 39.4 Å². The van der Waals surface area contributed by atoms with E-state index in [1.54, 1.807) is 27.2 Å². The molecule has 0 fully saturated rings. The Morgan fingerprint density at radius 3 is 1.81 bits per heavy atom. The molecule has 0 amide bonds. The second kappa shape index (κ2) is 18.1. The number of ether oxygens (including phenoxy) is 3. The lowest BCUT2D eigenvalue weighted by Crippen LogP contribution is -2.07. The summed E-state index contributed by atoms with van der Waals surface area (Å²) in [5.41, 5.74) is 15.6. The molecule has 6 aromatic heterocycles. The average Bonchev–Trinajstić information content (AvgIpc) is 3.86. The lowest BCUT2D eigenvalue weighted by molar-refractivity contribution is 0.188. The maximum Gasteiger partial charge on any atom is 0.243 e. The van der Waals surface area contributed by atoms with Gasteiger partial charge in [-0.2, -0.15) is 9.97 Å². The number of nitrogens with zero attached hydrogens (tertiary/aromatic N) is 8. The van der Waals surface area contributed by atoms with Crippen LogP contribution in [0.1, 0.15) is 22.9 Å². The minimum atomic E-state index is -0.0443. The van der Waals surface area contributed by atoms with Crippen LogP contribution in [0.5, 0.6) is 5.88 Å². The van der Waals surface area contributed by atoms with E-state index in [-0.39, 0.29) is 25.1 Å². The monoisotopic (exact) mass is 668 g/mol. The third kappa shape index (κ3) is 10.1. The molecule has 16 nitrogen and oxygen atoms in total. The Bertz CT molecular complexity index is 1860. The summed E-state index contributed by atoms with van der Waals surface area (Å²) >= 11 is 5.99. The van der Waals surface area contributed by atoms with Crippen molar-refractivity contribution in [1.29, 1.82) is 0 Å². The fraction of sp³-hybridized carbons (Fsp3) is 0.333. The number of aromatic nitrogens is 8. The molecule has 0 unspecified atom stereocenters. The second-order valence-electron chi connectivity index (χ2n) is 9.54. The normalized spacial score (nSPS) is 10.5. The Balaban J connectivity index is 0.000000207. The fourth-order valence-electron chi connectivity index (χ4n) is 4.14. The van der Waals surface area contributed by atoms with E-state index < -0.39 is 0 Å². The number of fused-ring (bicyclic) bond motifs is 2. The van der Waals surface area contributed by atoms with E-state index in [0.29, 0.717) is 48.7 Å². The van der Waals surface area contributed by atoms with Crippen LogP contribution in [-0.4, -0.2) is 71.9 Å². The van der Waals surface area contributed by atoms with E-state index in [9.17, 15) is 0 Å². The van der Waals surface area contributed by atoms with Crippen LogP contribution < -0.4 is 16.2 Å². The number of nitrogens with two attached hydrogens (primary N) is 2. The molecule has 0 saturated heterocycles. The SMILES string of the molecule is C#C.COCCn1ccc2nc(N)nc(Cl)c21.COCCn1ccc2nc(N)nc(OCc3cc(C)on3)c21.Cc1cc(CO)no1.